The Morgan fingerprint density at radius 1 is 1.38 bits per heavy atom. The fraction of sp³-hybridized carbons (Fsp3) is 1.00. The molecule has 0 aromatic carbocycles. The molecule has 0 bridgehead atoms. The van der Waals surface area contributed by atoms with Crippen LogP contribution in [-0.2, 0) is 0 Å². The zero-order valence-electron chi connectivity index (χ0n) is 9.93. The van der Waals surface area contributed by atoms with Crippen molar-refractivity contribution in [1.82, 2.24) is 4.90 Å². The lowest BCUT2D eigenvalue weighted by Crippen LogP contribution is -2.23. The Hall–Kier alpha value is -0.0800. The van der Waals surface area contributed by atoms with Crippen LogP contribution in [0.15, 0.2) is 0 Å². The van der Waals surface area contributed by atoms with Crippen molar-refractivity contribution in [2.24, 2.45) is 11.1 Å². The fourth-order valence-corrected chi connectivity index (χ4v) is 0.969. The molecule has 2 nitrogen and oxygen atoms in total. The maximum atomic E-state index is 5.58. The molecule has 13 heavy (non-hydrogen) atoms. The molecule has 0 aliphatic carbocycles. The number of hydrogen-bond acceptors (Lipinski definition) is 2. The molecular weight excluding hydrogens is 160 g/mol. The monoisotopic (exact) mass is 186 g/mol. The Bertz CT molecular complexity index is 119. The summed E-state index contributed by atoms with van der Waals surface area (Å²) in [4.78, 5) is 2.25. The molecule has 0 amide bonds. The third kappa shape index (κ3) is 8.26. The van der Waals surface area contributed by atoms with Crippen LogP contribution in [0.5, 0.6) is 0 Å². The van der Waals surface area contributed by atoms with E-state index in [2.05, 4.69) is 39.6 Å². The summed E-state index contributed by atoms with van der Waals surface area (Å²) in [7, 11) is 2.10. The van der Waals surface area contributed by atoms with Crippen LogP contribution < -0.4 is 5.73 Å². The minimum absolute atomic E-state index is 0.449. The second-order valence-electron chi connectivity index (χ2n) is 5.23. The number of likely N-dealkylation sites (N-methyl/N-ethyl adjacent to an activating group) is 1. The van der Waals surface area contributed by atoms with E-state index in [4.69, 9.17) is 5.73 Å². The highest BCUT2D eigenvalue weighted by Gasteiger charge is 2.13. The third-order valence-electron chi connectivity index (χ3n) is 2.49. The van der Waals surface area contributed by atoms with Gasteiger partial charge in [-0.1, -0.05) is 34.1 Å². The van der Waals surface area contributed by atoms with E-state index in [0.717, 1.165) is 6.54 Å². The predicted molar refractivity (Wildman–Crippen MR) is 59.8 cm³/mol. The van der Waals surface area contributed by atoms with Gasteiger partial charge in [-0.05, 0) is 25.4 Å². The normalized spacial score (nSPS) is 24.0. The van der Waals surface area contributed by atoms with E-state index >= 15 is 0 Å². The molecule has 80 valence electrons. The maximum absolute atomic E-state index is 5.58. The van der Waals surface area contributed by atoms with E-state index in [0.29, 0.717) is 11.5 Å². The van der Waals surface area contributed by atoms with Crippen LogP contribution >= 0.6 is 0 Å². The van der Waals surface area contributed by atoms with Crippen LogP contribution in [0.25, 0.3) is 0 Å². The largest absolute Gasteiger partial charge is 0.326 e. The summed E-state index contributed by atoms with van der Waals surface area (Å²) in [5.74, 6) is 0. The molecule has 1 aliphatic rings. The van der Waals surface area contributed by atoms with E-state index in [1.807, 2.05) is 0 Å². The van der Waals surface area contributed by atoms with Gasteiger partial charge in [0.1, 0.15) is 0 Å². The summed E-state index contributed by atoms with van der Waals surface area (Å²) in [6.45, 7) is 11.2. The quantitative estimate of drug-likeness (QED) is 0.627. The molecule has 1 rings (SSSR count). The number of nitrogens with two attached hydrogens (primary N) is 1. The molecule has 1 saturated heterocycles. The second-order valence-corrected chi connectivity index (χ2v) is 5.23. The highest BCUT2D eigenvalue weighted by molar-refractivity contribution is 4.74. The van der Waals surface area contributed by atoms with Crippen molar-refractivity contribution in [3.63, 3.8) is 0 Å². The average Bonchev–Trinajstić information content (AvgIpc) is 2.34. The van der Waals surface area contributed by atoms with E-state index in [1.54, 1.807) is 0 Å². The van der Waals surface area contributed by atoms with Crippen molar-refractivity contribution in [2.45, 2.75) is 46.6 Å². The summed E-state index contributed by atoms with van der Waals surface area (Å²) in [5.41, 5.74) is 6.13. The molecule has 1 atom stereocenters. The minimum atomic E-state index is 0.449. The first-order chi connectivity index (χ1) is 5.85. The van der Waals surface area contributed by atoms with Gasteiger partial charge < -0.3 is 10.6 Å². The Kier molecular flexibility index (Phi) is 5.57. The van der Waals surface area contributed by atoms with E-state index in [-0.39, 0.29) is 0 Å². The zero-order chi connectivity index (χ0) is 10.5. The first kappa shape index (κ1) is 12.9. The maximum Gasteiger partial charge on any atom is 0.0179 e. The summed E-state index contributed by atoms with van der Waals surface area (Å²) >= 11 is 0. The molecule has 0 spiro atoms. The summed E-state index contributed by atoms with van der Waals surface area (Å²) in [5, 5.41) is 0. The first-order valence-electron chi connectivity index (χ1n) is 5.29. The van der Waals surface area contributed by atoms with Crippen LogP contribution in [0.4, 0.5) is 0 Å². The van der Waals surface area contributed by atoms with Gasteiger partial charge in [-0.3, -0.25) is 0 Å². The smallest absolute Gasteiger partial charge is 0.0179 e. The molecule has 0 aromatic heterocycles. The van der Waals surface area contributed by atoms with Crippen molar-refractivity contribution >= 4 is 0 Å². The molecule has 1 fully saturated rings. The lowest BCUT2D eigenvalue weighted by Gasteiger charge is -2.12. The van der Waals surface area contributed by atoms with Gasteiger partial charge in [0.15, 0.2) is 0 Å². The molecule has 1 heterocycles. The van der Waals surface area contributed by atoms with Crippen molar-refractivity contribution in [3.05, 3.63) is 0 Å². The molecular formula is C11H26N2. The summed E-state index contributed by atoms with van der Waals surface area (Å²) < 4.78 is 0. The van der Waals surface area contributed by atoms with Gasteiger partial charge in [0.25, 0.3) is 0 Å². The van der Waals surface area contributed by atoms with Crippen molar-refractivity contribution in [3.8, 4) is 0 Å². The standard InChI is InChI=1S/C6H14.C5H12N2/c1-5-6(2,3)4;1-7-3-2-5(6)4-7/h5H2,1-4H3;5H,2-4,6H2,1H3. The minimum Gasteiger partial charge on any atom is -0.326 e. The Morgan fingerprint density at radius 3 is 1.92 bits per heavy atom. The van der Waals surface area contributed by atoms with Gasteiger partial charge in [0, 0.05) is 12.6 Å². The van der Waals surface area contributed by atoms with E-state index < -0.39 is 0 Å². The van der Waals surface area contributed by atoms with Gasteiger partial charge in [0.2, 0.25) is 0 Å². The lowest BCUT2D eigenvalue weighted by atomic mass is 9.94. The van der Waals surface area contributed by atoms with Gasteiger partial charge >= 0.3 is 0 Å². The summed E-state index contributed by atoms with van der Waals surface area (Å²) in [6, 6.07) is 0.449. The molecule has 2 heteroatoms. The van der Waals surface area contributed by atoms with Crippen molar-refractivity contribution in [2.75, 3.05) is 20.1 Å². The van der Waals surface area contributed by atoms with Crippen LogP contribution in [0.3, 0.4) is 0 Å². The number of likely N-dealkylation sites (tertiary alicyclic amines) is 1. The second kappa shape index (κ2) is 5.61. The highest BCUT2D eigenvalue weighted by Crippen LogP contribution is 2.16. The Morgan fingerprint density at radius 2 is 1.85 bits per heavy atom. The average molecular weight is 186 g/mol. The molecule has 1 aliphatic heterocycles. The lowest BCUT2D eigenvalue weighted by molar-refractivity contribution is 0.398. The van der Waals surface area contributed by atoms with Gasteiger partial charge in [0.05, 0.1) is 0 Å². The number of hydrogen-bond donors (Lipinski definition) is 1. The third-order valence-corrected chi connectivity index (χ3v) is 2.49. The van der Waals surface area contributed by atoms with Gasteiger partial charge in [-0.15, -0.1) is 0 Å². The van der Waals surface area contributed by atoms with Crippen molar-refractivity contribution < 1.29 is 0 Å². The molecule has 2 N–H and O–H groups in total. The predicted octanol–water partition coefficient (Wildman–Crippen LogP) is 2.09. The van der Waals surface area contributed by atoms with E-state index in [9.17, 15) is 0 Å². The van der Waals surface area contributed by atoms with Crippen LogP contribution in [0.1, 0.15) is 40.5 Å². The topological polar surface area (TPSA) is 29.3 Å². The molecule has 0 saturated carbocycles. The highest BCUT2D eigenvalue weighted by atomic mass is 15.1. The molecule has 0 radical (unpaired) electrons. The van der Waals surface area contributed by atoms with Gasteiger partial charge in [-0.2, -0.15) is 0 Å². The molecule has 0 aromatic rings. The number of nitrogens with zero attached hydrogens (tertiary/aromatic N) is 1. The van der Waals surface area contributed by atoms with Crippen molar-refractivity contribution in [1.29, 1.82) is 0 Å². The van der Waals surface area contributed by atoms with Crippen LogP contribution in [0, 0.1) is 5.41 Å². The fourth-order valence-electron chi connectivity index (χ4n) is 0.969. The first-order valence-corrected chi connectivity index (χ1v) is 5.29. The van der Waals surface area contributed by atoms with Crippen LogP contribution in [-0.4, -0.2) is 31.1 Å². The SMILES string of the molecule is CCC(C)(C)C.CN1CCC(N)C1. The Labute approximate surface area is 83.5 Å². The van der Waals surface area contributed by atoms with Gasteiger partial charge in [-0.25, -0.2) is 0 Å². The summed E-state index contributed by atoms with van der Waals surface area (Å²) in [6.07, 6.45) is 2.45. The Balaban J connectivity index is 0.000000226. The van der Waals surface area contributed by atoms with Crippen LogP contribution in [0.2, 0.25) is 0 Å². The molecule has 1 unspecified atom stereocenters. The zero-order valence-corrected chi connectivity index (χ0v) is 9.93. The number of rotatable bonds is 0. The van der Waals surface area contributed by atoms with E-state index in [1.165, 1.54) is 19.4 Å².